The Labute approximate surface area is 173 Å². The quantitative estimate of drug-likeness (QED) is 0.811. The summed E-state index contributed by atoms with van der Waals surface area (Å²) >= 11 is 0. The van der Waals surface area contributed by atoms with Gasteiger partial charge in [-0.3, -0.25) is 4.79 Å². The number of carbonyl (C=O) groups excluding carboxylic acids is 1. The lowest BCUT2D eigenvalue weighted by atomic mass is 9.78. The number of hydrogen-bond donors (Lipinski definition) is 1. The van der Waals surface area contributed by atoms with Gasteiger partial charge in [-0.25, -0.2) is 8.42 Å². The van der Waals surface area contributed by atoms with Crippen LogP contribution in [-0.4, -0.2) is 42.3 Å². The van der Waals surface area contributed by atoms with Crippen LogP contribution in [0.2, 0.25) is 0 Å². The van der Waals surface area contributed by atoms with Gasteiger partial charge in [0.1, 0.15) is 6.54 Å². The van der Waals surface area contributed by atoms with E-state index < -0.39 is 10.0 Å². The van der Waals surface area contributed by atoms with Crippen molar-refractivity contribution < 1.29 is 13.2 Å². The standard InChI is InChI=1S/C22H31N3O3S/c1-16-6-5-7-20(17(16)2)23-22(26)15-24-13-10-18-14-19(8-9-21(18)24)29(27,28)25-11-3-4-12-25/h8-10,13-14,16-17,20H,3-7,11-12,15H2,1-2H3,(H,23,26)/t16-,17+,20+/m1/s1. The molecule has 0 radical (unpaired) electrons. The number of aromatic nitrogens is 1. The molecule has 2 aliphatic rings. The number of hydrogen-bond acceptors (Lipinski definition) is 3. The Balaban J connectivity index is 1.48. The van der Waals surface area contributed by atoms with Crippen LogP contribution in [0.4, 0.5) is 0 Å². The van der Waals surface area contributed by atoms with Gasteiger partial charge in [-0.05, 0) is 55.4 Å². The van der Waals surface area contributed by atoms with Gasteiger partial charge >= 0.3 is 0 Å². The van der Waals surface area contributed by atoms with Crippen LogP contribution < -0.4 is 5.32 Å². The molecule has 7 heteroatoms. The predicted molar refractivity (Wildman–Crippen MR) is 114 cm³/mol. The molecular weight excluding hydrogens is 386 g/mol. The molecule has 1 aromatic heterocycles. The highest BCUT2D eigenvalue weighted by Crippen LogP contribution is 2.29. The topological polar surface area (TPSA) is 71.4 Å². The summed E-state index contributed by atoms with van der Waals surface area (Å²) in [6, 6.07) is 7.33. The summed E-state index contributed by atoms with van der Waals surface area (Å²) in [5.74, 6) is 1.15. The third kappa shape index (κ3) is 4.08. The molecule has 2 heterocycles. The highest BCUT2D eigenvalue weighted by Gasteiger charge is 2.29. The molecule has 1 aromatic carbocycles. The minimum absolute atomic E-state index is 0.0159. The maximum atomic E-state index is 12.8. The zero-order valence-electron chi connectivity index (χ0n) is 17.3. The lowest BCUT2D eigenvalue weighted by Crippen LogP contribution is -2.44. The highest BCUT2D eigenvalue weighted by molar-refractivity contribution is 7.89. The number of nitrogens with zero attached hydrogens (tertiary/aromatic N) is 2. The molecule has 158 valence electrons. The van der Waals surface area contributed by atoms with Gasteiger partial charge < -0.3 is 9.88 Å². The maximum Gasteiger partial charge on any atom is 0.243 e. The van der Waals surface area contributed by atoms with Crippen molar-refractivity contribution in [1.82, 2.24) is 14.2 Å². The summed E-state index contributed by atoms with van der Waals surface area (Å²) < 4.78 is 29.0. The fourth-order valence-corrected chi connectivity index (χ4v) is 6.30. The first-order valence-electron chi connectivity index (χ1n) is 10.7. The van der Waals surface area contributed by atoms with Crippen LogP contribution in [0.3, 0.4) is 0 Å². The summed E-state index contributed by atoms with van der Waals surface area (Å²) in [7, 11) is -3.43. The van der Waals surface area contributed by atoms with Crippen molar-refractivity contribution in [3.05, 3.63) is 30.5 Å². The van der Waals surface area contributed by atoms with Crippen LogP contribution >= 0.6 is 0 Å². The molecule has 29 heavy (non-hydrogen) atoms. The lowest BCUT2D eigenvalue weighted by Gasteiger charge is -2.34. The van der Waals surface area contributed by atoms with Gasteiger partial charge in [-0.2, -0.15) is 4.31 Å². The molecule has 1 saturated carbocycles. The highest BCUT2D eigenvalue weighted by atomic mass is 32.2. The molecule has 2 fully saturated rings. The first kappa shape index (κ1) is 20.4. The number of rotatable bonds is 5. The number of fused-ring (bicyclic) bond motifs is 1. The second-order valence-electron chi connectivity index (χ2n) is 8.72. The Kier molecular flexibility index (Phi) is 5.71. The molecule has 6 nitrogen and oxygen atoms in total. The number of carbonyl (C=O) groups is 1. The first-order chi connectivity index (χ1) is 13.9. The number of benzene rings is 1. The SMILES string of the molecule is C[C@H]1[C@H](C)CCC[C@@H]1NC(=O)Cn1ccc2cc(S(=O)(=O)N3CCCC3)ccc21. The van der Waals surface area contributed by atoms with E-state index in [1.807, 2.05) is 22.9 Å². The zero-order chi connectivity index (χ0) is 20.6. The van der Waals surface area contributed by atoms with Gasteiger partial charge in [-0.1, -0.05) is 26.7 Å². The average molecular weight is 418 g/mol. The zero-order valence-corrected chi connectivity index (χ0v) is 18.1. The van der Waals surface area contributed by atoms with E-state index >= 15 is 0 Å². The Bertz CT molecular complexity index is 992. The van der Waals surface area contributed by atoms with Crippen LogP contribution in [0.5, 0.6) is 0 Å². The van der Waals surface area contributed by atoms with Crippen molar-refractivity contribution in [3.8, 4) is 0 Å². The molecule has 1 aliphatic heterocycles. The third-order valence-corrected chi connectivity index (χ3v) is 8.71. The van der Waals surface area contributed by atoms with Gasteiger partial charge in [0.05, 0.1) is 4.90 Å². The number of nitrogens with one attached hydrogen (secondary N) is 1. The monoisotopic (exact) mass is 417 g/mol. The summed E-state index contributed by atoms with van der Waals surface area (Å²) in [6.45, 7) is 5.93. The van der Waals surface area contributed by atoms with E-state index in [1.54, 1.807) is 16.4 Å². The average Bonchev–Trinajstić information content (AvgIpc) is 3.36. The molecule has 1 saturated heterocycles. The van der Waals surface area contributed by atoms with Gasteiger partial charge in [0.2, 0.25) is 15.9 Å². The first-order valence-corrected chi connectivity index (χ1v) is 12.2. The summed E-state index contributed by atoms with van der Waals surface area (Å²) in [5, 5.41) is 4.06. The van der Waals surface area contributed by atoms with Gasteiger partial charge in [-0.15, -0.1) is 0 Å². The molecule has 0 spiro atoms. The third-order valence-electron chi connectivity index (χ3n) is 6.81. The molecule has 0 bridgehead atoms. The largest absolute Gasteiger partial charge is 0.352 e. The van der Waals surface area contributed by atoms with Crippen molar-refractivity contribution >= 4 is 26.8 Å². The fourth-order valence-electron chi connectivity index (χ4n) is 4.75. The van der Waals surface area contributed by atoms with Crippen LogP contribution in [-0.2, 0) is 21.4 Å². The maximum absolute atomic E-state index is 12.8. The number of sulfonamides is 1. The molecule has 0 unspecified atom stereocenters. The van der Waals surface area contributed by atoms with Gasteiger partial charge in [0, 0.05) is 36.2 Å². The van der Waals surface area contributed by atoms with E-state index in [-0.39, 0.29) is 18.5 Å². The Morgan fingerprint density at radius 3 is 2.62 bits per heavy atom. The molecule has 3 atom stereocenters. The summed E-state index contributed by atoms with van der Waals surface area (Å²) in [4.78, 5) is 13.0. The lowest BCUT2D eigenvalue weighted by molar-refractivity contribution is -0.123. The van der Waals surface area contributed by atoms with Crippen molar-refractivity contribution in [3.63, 3.8) is 0 Å². The van der Waals surface area contributed by atoms with Gasteiger partial charge in [0.15, 0.2) is 0 Å². The van der Waals surface area contributed by atoms with Crippen LogP contribution in [0.25, 0.3) is 10.9 Å². The molecule has 1 aliphatic carbocycles. The Morgan fingerprint density at radius 1 is 1.10 bits per heavy atom. The summed E-state index contributed by atoms with van der Waals surface area (Å²) in [6.07, 6.45) is 7.15. The number of amides is 1. The van der Waals surface area contributed by atoms with Crippen molar-refractivity contribution in [1.29, 1.82) is 0 Å². The van der Waals surface area contributed by atoms with Gasteiger partial charge in [0.25, 0.3) is 0 Å². The predicted octanol–water partition coefficient (Wildman–Crippen LogP) is 3.37. The van der Waals surface area contributed by atoms with Crippen LogP contribution in [0.15, 0.2) is 35.4 Å². The molecule has 1 amide bonds. The minimum Gasteiger partial charge on any atom is -0.352 e. The van der Waals surface area contributed by atoms with Crippen LogP contribution in [0, 0.1) is 11.8 Å². The summed E-state index contributed by atoms with van der Waals surface area (Å²) in [5.41, 5.74) is 0.880. The van der Waals surface area contributed by atoms with Crippen LogP contribution in [0.1, 0.15) is 46.0 Å². The van der Waals surface area contributed by atoms with E-state index in [2.05, 4.69) is 19.2 Å². The van der Waals surface area contributed by atoms with Crippen molar-refractivity contribution in [2.45, 2.75) is 63.4 Å². The van der Waals surface area contributed by atoms with E-state index in [0.29, 0.717) is 29.8 Å². The van der Waals surface area contributed by atoms with Crippen molar-refractivity contribution in [2.24, 2.45) is 11.8 Å². The minimum atomic E-state index is -3.43. The second kappa shape index (κ2) is 8.11. The smallest absolute Gasteiger partial charge is 0.243 e. The fraction of sp³-hybridized carbons (Fsp3) is 0.591. The van der Waals surface area contributed by atoms with E-state index in [1.165, 1.54) is 6.42 Å². The molecule has 1 N–H and O–H groups in total. The molecule has 2 aromatic rings. The Morgan fingerprint density at radius 2 is 1.86 bits per heavy atom. The normalized spacial score (nSPS) is 26.1. The van der Waals surface area contributed by atoms with E-state index in [9.17, 15) is 13.2 Å². The van der Waals surface area contributed by atoms with E-state index in [4.69, 9.17) is 0 Å². The van der Waals surface area contributed by atoms with Crippen molar-refractivity contribution in [2.75, 3.05) is 13.1 Å². The van der Waals surface area contributed by atoms with E-state index in [0.717, 1.165) is 36.6 Å². The Hall–Kier alpha value is -1.86. The molecule has 4 rings (SSSR count). The second-order valence-corrected chi connectivity index (χ2v) is 10.7. The molecular formula is C22H31N3O3S.